The molecule has 0 aliphatic heterocycles. The van der Waals surface area contributed by atoms with Gasteiger partial charge in [-0.15, -0.1) is 0 Å². The number of fused-ring (bicyclic) bond motifs is 1. The van der Waals surface area contributed by atoms with E-state index < -0.39 is 18.4 Å². The van der Waals surface area contributed by atoms with E-state index in [1.807, 2.05) is 36.4 Å². The summed E-state index contributed by atoms with van der Waals surface area (Å²) in [5.74, 6) is -0.745. The Labute approximate surface area is 174 Å². The van der Waals surface area contributed by atoms with Crippen LogP contribution in [0.2, 0.25) is 0 Å². The molecule has 0 saturated heterocycles. The van der Waals surface area contributed by atoms with E-state index in [1.165, 1.54) is 0 Å². The Balaban J connectivity index is 1.90. The van der Waals surface area contributed by atoms with Crippen LogP contribution in [-0.2, 0) is 11.4 Å². The normalized spacial score (nSPS) is 10.6. The number of benzene rings is 2. The van der Waals surface area contributed by atoms with Gasteiger partial charge in [-0.25, -0.2) is 4.98 Å². The third-order valence-corrected chi connectivity index (χ3v) is 4.37. The molecule has 0 aliphatic carbocycles. The minimum absolute atomic E-state index is 0.0410. The quantitative estimate of drug-likeness (QED) is 0.495. The van der Waals surface area contributed by atoms with Crippen LogP contribution in [0.5, 0.6) is 11.5 Å². The van der Waals surface area contributed by atoms with Gasteiger partial charge in [-0.05, 0) is 36.2 Å². The number of aromatic nitrogens is 1. The molecule has 0 fully saturated rings. The molecule has 1 aromatic heterocycles. The Bertz CT molecular complexity index is 1020. The van der Waals surface area contributed by atoms with Crippen molar-refractivity contribution in [3.63, 3.8) is 0 Å². The molecule has 0 bridgehead atoms. The smallest absolute Gasteiger partial charge is 0.322 e. The molecule has 0 unspecified atom stereocenters. The van der Waals surface area contributed by atoms with Gasteiger partial charge in [-0.3, -0.25) is 9.59 Å². The lowest BCUT2D eigenvalue weighted by Crippen LogP contribution is -2.30. The molecule has 0 saturated carbocycles. The fraction of sp³-hybridized carbons (Fsp3) is 0.261. The van der Waals surface area contributed by atoms with Crippen molar-refractivity contribution in [3.05, 3.63) is 65.9 Å². The Hall–Kier alpha value is -3.61. The van der Waals surface area contributed by atoms with Gasteiger partial charge >= 0.3 is 5.97 Å². The Kier molecular flexibility index (Phi) is 7.21. The third kappa shape index (κ3) is 5.70. The molecule has 7 nitrogen and oxygen atoms in total. The van der Waals surface area contributed by atoms with E-state index in [1.54, 1.807) is 18.2 Å². The summed E-state index contributed by atoms with van der Waals surface area (Å²) in [4.78, 5) is 27.8. The molecule has 0 aliphatic rings. The highest BCUT2D eigenvalue weighted by molar-refractivity contribution is 5.99. The number of ether oxygens (including phenoxy) is 2. The van der Waals surface area contributed by atoms with Gasteiger partial charge in [-0.1, -0.05) is 43.7 Å². The molecular formula is C23H24N2O5. The number of rotatable bonds is 10. The van der Waals surface area contributed by atoms with Gasteiger partial charge in [0, 0.05) is 5.39 Å². The molecule has 3 rings (SSSR count). The SMILES string of the molecule is CCCCOc1ccc2nc(C(=O)NCC(=O)O)c(OCc3ccccc3)cc2c1. The average molecular weight is 408 g/mol. The molecule has 0 atom stereocenters. The van der Waals surface area contributed by atoms with Gasteiger partial charge < -0.3 is 19.9 Å². The number of nitrogens with one attached hydrogen (secondary N) is 1. The number of hydrogen-bond acceptors (Lipinski definition) is 5. The Morgan fingerprint density at radius 3 is 2.60 bits per heavy atom. The molecule has 30 heavy (non-hydrogen) atoms. The van der Waals surface area contributed by atoms with E-state index in [-0.39, 0.29) is 18.1 Å². The molecule has 2 aromatic carbocycles. The van der Waals surface area contributed by atoms with Gasteiger partial charge in [0.15, 0.2) is 11.4 Å². The van der Waals surface area contributed by atoms with Gasteiger partial charge in [0.1, 0.15) is 18.9 Å². The summed E-state index contributed by atoms with van der Waals surface area (Å²) in [6.07, 6.45) is 2.01. The number of carbonyl (C=O) groups excluding carboxylic acids is 1. The summed E-state index contributed by atoms with van der Waals surface area (Å²) in [5.41, 5.74) is 1.57. The van der Waals surface area contributed by atoms with Gasteiger partial charge in [0.05, 0.1) is 12.1 Å². The highest BCUT2D eigenvalue weighted by atomic mass is 16.5. The molecule has 2 N–H and O–H groups in total. The van der Waals surface area contributed by atoms with E-state index in [2.05, 4.69) is 17.2 Å². The first kappa shape index (κ1) is 21.1. The van der Waals surface area contributed by atoms with Crippen LogP contribution < -0.4 is 14.8 Å². The maximum Gasteiger partial charge on any atom is 0.322 e. The second-order valence-corrected chi connectivity index (χ2v) is 6.74. The Morgan fingerprint density at radius 1 is 1.07 bits per heavy atom. The zero-order chi connectivity index (χ0) is 21.3. The summed E-state index contributed by atoms with van der Waals surface area (Å²) in [5, 5.41) is 11.9. The number of carboxylic acid groups (broad SMARTS) is 1. The molecule has 1 heterocycles. The summed E-state index contributed by atoms with van der Waals surface area (Å²) in [7, 11) is 0. The van der Waals surface area contributed by atoms with Crippen molar-refractivity contribution in [2.24, 2.45) is 0 Å². The van der Waals surface area contributed by atoms with Crippen LogP contribution >= 0.6 is 0 Å². The number of pyridine rings is 1. The molecule has 1 amide bonds. The summed E-state index contributed by atoms with van der Waals surface area (Å²) < 4.78 is 11.6. The second-order valence-electron chi connectivity index (χ2n) is 6.74. The molecule has 0 spiro atoms. The van der Waals surface area contributed by atoms with Crippen LogP contribution in [0.4, 0.5) is 0 Å². The fourth-order valence-corrected chi connectivity index (χ4v) is 2.81. The first-order chi connectivity index (χ1) is 14.6. The summed E-state index contributed by atoms with van der Waals surface area (Å²) in [6, 6.07) is 16.7. The summed E-state index contributed by atoms with van der Waals surface area (Å²) >= 11 is 0. The largest absolute Gasteiger partial charge is 0.494 e. The number of hydrogen-bond donors (Lipinski definition) is 2. The lowest BCUT2D eigenvalue weighted by molar-refractivity contribution is -0.135. The first-order valence-corrected chi connectivity index (χ1v) is 9.81. The van der Waals surface area contributed by atoms with Crippen LogP contribution in [0.15, 0.2) is 54.6 Å². The minimum Gasteiger partial charge on any atom is -0.494 e. The topological polar surface area (TPSA) is 97.8 Å². The Morgan fingerprint density at radius 2 is 1.87 bits per heavy atom. The first-order valence-electron chi connectivity index (χ1n) is 9.81. The molecule has 0 radical (unpaired) electrons. The average Bonchev–Trinajstić information content (AvgIpc) is 2.76. The van der Waals surface area contributed by atoms with Crippen LogP contribution in [0.1, 0.15) is 35.8 Å². The monoisotopic (exact) mass is 408 g/mol. The van der Waals surface area contributed by atoms with Gasteiger partial charge in [0.2, 0.25) is 0 Å². The second kappa shape index (κ2) is 10.2. The van der Waals surface area contributed by atoms with E-state index in [4.69, 9.17) is 14.6 Å². The van der Waals surface area contributed by atoms with E-state index in [9.17, 15) is 9.59 Å². The van der Waals surface area contributed by atoms with E-state index in [0.717, 1.165) is 29.5 Å². The van der Waals surface area contributed by atoms with E-state index in [0.29, 0.717) is 12.1 Å². The number of aliphatic carboxylic acids is 1. The maximum atomic E-state index is 12.5. The molecule has 7 heteroatoms. The molecule has 156 valence electrons. The van der Waals surface area contributed by atoms with Gasteiger partial charge in [0.25, 0.3) is 5.91 Å². The zero-order valence-electron chi connectivity index (χ0n) is 16.8. The predicted molar refractivity (Wildman–Crippen MR) is 113 cm³/mol. The highest BCUT2D eigenvalue weighted by Crippen LogP contribution is 2.27. The number of carboxylic acids is 1. The van der Waals surface area contributed by atoms with Crippen molar-refractivity contribution in [2.45, 2.75) is 26.4 Å². The number of carbonyl (C=O) groups is 2. The van der Waals surface area contributed by atoms with Crippen LogP contribution in [0, 0.1) is 0 Å². The minimum atomic E-state index is -1.13. The van der Waals surface area contributed by atoms with Crippen molar-refractivity contribution < 1.29 is 24.2 Å². The van der Waals surface area contributed by atoms with Crippen LogP contribution in [0.3, 0.4) is 0 Å². The molecule has 3 aromatic rings. The number of unbranched alkanes of at least 4 members (excludes halogenated alkanes) is 1. The van der Waals surface area contributed by atoms with Crippen molar-refractivity contribution in [2.75, 3.05) is 13.2 Å². The van der Waals surface area contributed by atoms with Crippen molar-refractivity contribution in [3.8, 4) is 11.5 Å². The predicted octanol–water partition coefficient (Wildman–Crippen LogP) is 3.81. The van der Waals surface area contributed by atoms with Gasteiger partial charge in [-0.2, -0.15) is 0 Å². The van der Waals surface area contributed by atoms with Crippen LogP contribution in [0.25, 0.3) is 10.9 Å². The third-order valence-electron chi connectivity index (χ3n) is 4.37. The standard InChI is InChI=1S/C23H24N2O5/c1-2-3-11-29-18-9-10-19-17(12-18)13-20(30-15-16-7-5-4-6-8-16)22(25-19)23(28)24-14-21(26)27/h4-10,12-13H,2-3,11,14-15H2,1H3,(H,24,28)(H,26,27). The zero-order valence-corrected chi connectivity index (χ0v) is 16.8. The van der Waals surface area contributed by atoms with Crippen LogP contribution in [-0.4, -0.2) is 35.1 Å². The van der Waals surface area contributed by atoms with E-state index >= 15 is 0 Å². The lowest BCUT2D eigenvalue weighted by Gasteiger charge is -2.13. The lowest BCUT2D eigenvalue weighted by atomic mass is 10.1. The fourth-order valence-electron chi connectivity index (χ4n) is 2.81. The maximum absolute atomic E-state index is 12.5. The van der Waals surface area contributed by atoms with Crippen molar-refractivity contribution in [1.29, 1.82) is 0 Å². The highest BCUT2D eigenvalue weighted by Gasteiger charge is 2.17. The summed E-state index contributed by atoms with van der Waals surface area (Å²) in [6.45, 7) is 2.48. The number of amides is 1. The molecular weight excluding hydrogens is 384 g/mol. The van der Waals surface area contributed by atoms with Crippen molar-refractivity contribution in [1.82, 2.24) is 10.3 Å². The van der Waals surface area contributed by atoms with Crippen molar-refractivity contribution >= 4 is 22.8 Å². The number of nitrogens with zero attached hydrogens (tertiary/aromatic N) is 1.